The molecule has 1 aromatic rings. The maximum absolute atomic E-state index is 11.0. The van der Waals surface area contributed by atoms with Crippen LogP contribution in [0, 0.1) is 13.8 Å². The Kier molecular flexibility index (Phi) is 5.18. The first-order chi connectivity index (χ1) is 7.54. The predicted octanol–water partition coefficient (Wildman–Crippen LogP) is 1.63. The quantitative estimate of drug-likeness (QED) is 0.647. The Balaban J connectivity index is 2.33. The van der Waals surface area contributed by atoms with Crippen LogP contribution in [0.15, 0.2) is 0 Å². The van der Waals surface area contributed by atoms with E-state index in [0.717, 1.165) is 10.7 Å². The number of aryl methyl sites for hydroxylation is 2. The lowest BCUT2D eigenvalue weighted by Crippen LogP contribution is -2.29. The molecular weight excluding hydrogens is 248 g/mol. The molecule has 4 nitrogen and oxygen atoms in total. The summed E-state index contributed by atoms with van der Waals surface area (Å²) >= 11 is 7.43. The van der Waals surface area contributed by atoms with E-state index in [4.69, 9.17) is 11.6 Å². The van der Waals surface area contributed by atoms with Crippen molar-refractivity contribution in [2.24, 2.45) is 0 Å². The van der Waals surface area contributed by atoms with E-state index in [1.165, 1.54) is 12.0 Å². The van der Waals surface area contributed by atoms with Crippen molar-refractivity contribution in [3.63, 3.8) is 0 Å². The van der Waals surface area contributed by atoms with Gasteiger partial charge in [-0.1, -0.05) is 0 Å². The maximum atomic E-state index is 11.0. The van der Waals surface area contributed by atoms with E-state index >= 15 is 0 Å². The summed E-state index contributed by atoms with van der Waals surface area (Å²) in [5.41, 5.74) is 1.05. The molecule has 1 unspecified atom stereocenters. The molecule has 0 aromatic carbocycles. The zero-order chi connectivity index (χ0) is 12.1. The fraction of sp³-hybridized carbons (Fsp3) is 0.600. The number of alkyl halides is 1. The lowest BCUT2D eigenvalue weighted by molar-refractivity contribution is -0.140. The van der Waals surface area contributed by atoms with Gasteiger partial charge in [-0.25, -0.2) is 4.98 Å². The standard InChI is InChI=1S/C10H15ClN2O2S/c1-6-7(2)16-9(13-6)5-12-4-8(11)10(14)15-3/h8,12H,4-5H2,1-3H3. The monoisotopic (exact) mass is 262 g/mol. The fourth-order valence-electron chi connectivity index (χ4n) is 1.13. The van der Waals surface area contributed by atoms with Crippen LogP contribution in [-0.2, 0) is 16.1 Å². The summed E-state index contributed by atoms with van der Waals surface area (Å²) < 4.78 is 4.51. The number of hydrogen-bond acceptors (Lipinski definition) is 5. The molecule has 0 bridgehead atoms. The Morgan fingerprint density at radius 2 is 2.31 bits per heavy atom. The molecule has 0 saturated carbocycles. The van der Waals surface area contributed by atoms with Gasteiger partial charge in [0, 0.05) is 18.0 Å². The Bertz CT molecular complexity index is 348. The van der Waals surface area contributed by atoms with Gasteiger partial charge in [-0.2, -0.15) is 0 Å². The summed E-state index contributed by atoms with van der Waals surface area (Å²) in [6.07, 6.45) is 0. The Hall–Kier alpha value is -0.650. The largest absolute Gasteiger partial charge is 0.468 e. The highest BCUT2D eigenvalue weighted by Gasteiger charge is 2.15. The van der Waals surface area contributed by atoms with Gasteiger partial charge in [0.2, 0.25) is 0 Å². The van der Waals surface area contributed by atoms with Crippen molar-refractivity contribution in [1.82, 2.24) is 10.3 Å². The summed E-state index contributed by atoms with van der Waals surface area (Å²) in [6.45, 7) is 5.02. The molecule has 0 fully saturated rings. The van der Waals surface area contributed by atoms with Gasteiger partial charge in [-0.05, 0) is 13.8 Å². The molecule has 16 heavy (non-hydrogen) atoms. The van der Waals surface area contributed by atoms with Gasteiger partial charge in [0.15, 0.2) is 0 Å². The van der Waals surface area contributed by atoms with Crippen LogP contribution in [0.1, 0.15) is 15.6 Å². The van der Waals surface area contributed by atoms with Crippen molar-refractivity contribution in [2.45, 2.75) is 25.8 Å². The number of nitrogens with one attached hydrogen (secondary N) is 1. The molecule has 6 heteroatoms. The van der Waals surface area contributed by atoms with Crippen molar-refractivity contribution in [3.8, 4) is 0 Å². The van der Waals surface area contributed by atoms with Gasteiger partial charge in [-0.15, -0.1) is 22.9 Å². The highest BCUT2D eigenvalue weighted by molar-refractivity contribution is 7.11. The Morgan fingerprint density at radius 3 is 2.81 bits per heavy atom. The van der Waals surface area contributed by atoms with Gasteiger partial charge in [0.1, 0.15) is 10.4 Å². The second-order valence-corrected chi connectivity index (χ2v) is 5.19. The van der Waals surface area contributed by atoms with Crippen molar-refractivity contribution in [2.75, 3.05) is 13.7 Å². The molecule has 1 heterocycles. The first kappa shape index (κ1) is 13.4. The SMILES string of the molecule is COC(=O)C(Cl)CNCc1nc(C)c(C)s1. The number of rotatable bonds is 5. The van der Waals surface area contributed by atoms with E-state index in [-0.39, 0.29) is 0 Å². The highest BCUT2D eigenvalue weighted by Crippen LogP contribution is 2.15. The Labute approximate surface area is 104 Å². The minimum Gasteiger partial charge on any atom is -0.468 e. The van der Waals surface area contributed by atoms with Gasteiger partial charge < -0.3 is 10.1 Å². The summed E-state index contributed by atoms with van der Waals surface area (Å²) in [4.78, 5) is 16.6. The first-order valence-corrected chi connectivity index (χ1v) is 6.15. The summed E-state index contributed by atoms with van der Waals surface area (Å²) in [5.74, 6) is -0.416. The molecule has 0 aliphatic rings. The minimum atomic E-state index is -0.646. The zero-order valence-corrected chi connectivity index (χ0v) is 11.1. The van der Waals surface area contributed by atoms with Crippen molar-refractivity contribution >= 4 is 28.9 Å². The fourth-order valence-corrected chi connectivity index (χ4v) is 2.23. The second-order valence-electron chi connectivity index (χ2n) is 3.37. The van der Waals surface area contributed by atoms with Gasteiger partial charge in [0.05, 0.1) is 12.8 Å². The van der Waals surface area contributed by atoms with Crippen molar-refractivity contribution in [1.29, 1.82) is 0 Å². The highest BCUT2D eigenvalue weighted by atomic mass is 35.5. The number of halogens is 1. The molecule has 0 aliphatic heterocycles. The third-order valence-corrected chi connectivity index (χ3v) is 3.53. The van der Waals surface area contributed by atoms with Crippen molar-refractivity contribution < 1.29 is 9.53 Å². The minimum absolute atomic E-state index is 0.381. The first-order valence-electron chi connectivity index (χ1n) is 4.90. The smallest absolute Gasteiger partial charge is 0.325 e. The molecule has 1 atom stereocenters. The molecule has 0 aliphatic carbocycles. The summed E-state index contributed by atoms with van der Waals surface area (Å²) in [6, 6.07) is 0. The van der Waals surface area contributed by atoms with Crippen LogP contribution in [0.2, 0.25) is 0 Å². The molecule has 0 saturated heterocycles. The van der Waals surface area contributed by atoms with Crippen LogP contribution >= 0.6 is 22.9 Å². The lowest BCUT2D eigenvalue weighted by Gasteiger charge is -2.07. The maximum Gasteiger partial charge on any atom is 0.325 e. The lowest BCUT2D eigenvalue weighted by atomic mass is 10.4. The summed E-state index contributed by atoms with van der Waals surface area (Å²) in [7, 11) is 1.32. The number of thiazole rings is 1. The number of methoxy groups -OCH3 is 1. The normalized spacial score (nSPS) is 12.5. The second kappa shape index (κ2) is 6.18. The number of aromatic nitrogens is 1. The number of nitrogens with zero attached hydrogens (tertiary/aromatic N) is 1. The third kappa shape index (κ3) is 3.73. The molecule has 0 amide bonds. The summed E-state index contributed by atoms with van der Waals surface area (Å²) in [5, 5.41) is 3.43. The van der Waals surface area contributed by atoms with E-state index in [2.05, 4.69) is 15.0 Å². The van der Waals surface area contributed by atoms with Crippen LogP contribution in [0.4, 0.5) is 0 Å². The molecule has 1 N–H and O–H groups in total. The number of esters is 1. The molecule has 90 valence electrons. The topological polar surface area (TPSA) is 51.2 Å². The predicted molar refractivity (Wildman–Crippen MR) is 65.0 cm³/mol. The average Bonchev–Trinajstić information content (AvgIpc) is 2.57. The average molecular weight is 263 g/mol. The molecular formula is C10H15ClN2O2S. The van der Waals surface area contributed by atoms with Gasteiger partial charge in [-0.3, -0.25) is 4.79 Å². The van der Waals surface area contributed by atoms with Gasteiger partial charge >= 0.3 is 5.97 Å². The third-order valence-electron chi connectivity index (χ3n) is 2.13. The van der Waals surface area contributed by atoms with Crippen LogP contribution < -0.4 is 5.32 Å². The molecule has 0 spiro atoms. The van der Waals surface area contributed by atoms with Crippen LogP contribution in [0.3, 0.4) is 0 Å². The van der Waals surface area contributed by atoms with Crippen LogP contribution in [0.25, 0.3) is 0 Å². The molecule has 1 rings (SSSR count). The van der Waals surface area contributed by atoms with E-state index in [1.54, 1.807) is 11.3 Å². The number of hydrogen-bond donors (Lipinski definition) is 1. The number of carbonyl (C=O) groups excluding carboxylic acids is 1. The van der Waals surface area contributed by atoms with E-state index in [1.807, 2.05) is 13.8 Å². The Morgan fingerprint density at radius 1 is 1.62 bits per heavy atom. The molecule has 1 aromatic heterocycles. The van der Waals surface area contributed by atoms with E-state index in [9.17, 15) is 4.79 Å². The molecule has 0 radical (unpaired) electrons. The number of ether oxygens (including phenoxy) is 1. The van der Waals surface area contributed by atoms with Crippen LogP contribution in [0.5, 0.6) is 0 Å². The van der Waals surface area contributed by atoms with Gasteiger partial charge in [0.25, 0.3) is 0 Å². The zero-order valence-electron chi connectivity index (χ0n) is 9.54. The van der Waals surface area contributed by atoms with E-state index in [0.29, 0.717) is 13.1 Å². The number of carbonyl (C=O) groups is 1. The van der Waals surface area contributed by atoms with E-state index < -0.39 is 11.3 Å². The van der Waals surface area contributed by atoms with Crippen LogP contribution in [-0.4, -0.2) is 30.0 Å². The van der Waals surface area contributed by atoms with Crippen molar-refractivity contribution in [3.05, 3.63) is 15.6 Å².